The van der Waals surface area contributed by atoms with Gasteiger partial charge in [0.25, 0.3) is 5.69 Å². The molecule has 1 aromatic carbocycles. The van der Waals surface area contributed by atoms with Crippen LogP contribution < -0.4 is 15.2 Å². The summed E-state index contributed by atoms with van der Waals surface area (Å²) in [5.74, 6) is 1.58. The third-order valence-electron chi connectivity index (χ3n) is 3.40. The van der Waals surface area contributed by atoms with E-state index in [-0.39, 0.29) is 30.9 Å². The first-order valence-corrected chi connectivity index (χ1v) is 5.98. The SMILES string of the molecule is Cl.N[C@H](CC1CC1)c1cc2c(cc1[N+](=O)[O-])OCO2. The van der Waals surface area contributed by atoms with Crippen LogP contribution >= 0.6 is 12.4 Å². The zero-order valence-corrected chi connectivity index (χ0v) is 11.0. The van der Waals surface area contributed by atoms with E-state index in [0.717, 1.165) is 6.42 Å². The van der Waals surface area contributed by atoms with Crippen LogP contribution in [-0.2, 0) is 0 Å². The van der Waals surface area contributed by atoms with Gasteiger partial charge in [-0.25, -0.2) is 0 Å². The van der Waals surface area contributed by atoms with Crippen molar-refractivity contribution in [1.82, 2.24) is 0 Å². The topological polar surface area (TPSA) is 87.6 Å². The number of halogens is 1. The van der Waals surface area contributed by atoms with Crippen LogP contribution in [0.25, 0.3) is 0 Å². The number of nitrogens with zero attached hydrogens (tertiary/aromatic N) is 1. The summed E-state index contributed by atoms with van der Waals surface area (Å²) < 4.78 is 10.4. The van der Waals surface area contributed by atoms with Crippen LogP contribution in [-0.4, -0.2) is 11.7 Å². The minimum absolute atomic E-state index is 0. The number of nitro benzene ring substituents is 1. The number of hydrogen-bond acceptors (Lipinski definition) is 5. The smallest absolute Gasteiger partial charge is 0.278 e. The molecule has 104 valence electrons. The molecular weight excluding hydrogens is 272 g/mol. The van der Waals surface area contributed by atoms with Crippen molar-refractivity contribution in [3.63, 3.8) is 0 Å². The highest BCUT2D eigenvalue weighted by molar-refractivity contribution is 5.85. The Labute approximate surface area is 116 Å². The van der Waals surface area contributed by atoms with Gasteiger partial charge in [-0.3, -0.25) is 10.1 Å². The van der Waals surface area contributed by atoms with E-state index in [4.69, 9.17) is 15.2 Å². The first kappa shape index (κ1) is 13.9. The first-order valence-electron chi connectivity index (χ1n) is 5.98. The van der Waals surface area contributed by atoms with Gasteiger partial charge in [-0.05, 0) is 18.4 Å². The highest BCUT2D eigenvalue weighted by Gasteiger charge is 2.30. The average Bonchev–Trinajstić information content (AvgIpc) is 3.03. The molecule has 0 amide bonds. The Morgan fingerprint density at radius 3 is 2.58 bits per heavy atom. The lowest BCUT2D eigenvalue weighted by atomic mass is 9.99. The minimum atomic E-state index is -0.413. The molecule has 1 heterocycles. The van der Waals surface area contributed by atoms with E-state index in [9.17, 15) is 10.1 Å². The summed E-state index contributed by atoms with van der Waals surface area (Å²) in [5, 5.41) is 11.1. The number of benzene rings is 1. The quantitative estimate of drug-likeness (QED) is 0.679. The molecule has 2 N–H and O–H groups in total. The Balaban J connectivity index is 0.00000133. The van der Waals surface area contributed by atoms with E-state index in [1.165, 1.54) is 18.9 Å². The van der Waals surface area contributed by atoms with Gasteiger partial charge in [0.05, 0.1) is 16.6 Å². The monoisotopic (exact) mass is 286 g/mol. The molecule has 0 spiro atoms. The van der Waals surface area contributed by atoms with E-state index >= 15 is 0 Å². The molecule has 0 aromatic heterocycles. The lowest BCUT2D eigenvalue weighted by Crippen LogP contribution is -2.13. The second kappa shape index (κ2) is 5.22. The Hall–Kier alpha value is -1.53. The predicted octanol–water partition coefficient (Wildman–Crippen LogP) is 2.55. The van der Waals surface area contributed by atoms with Crippen LogP contribution in [0.1, 0.15) is 30.9 Å². The number of rotatable bonds is 4. The van der Waals surface area contributed by atoms with E-state index in [1.54, 1.807) is 6.07 Å². The highest BCUT2D eigenvalue weighted by Crippen LogP contribution is 2.43. The van der Waals surface area contributed by atoms with E-state index < -0.39 is 4.92 Å². The standard InChI is InChI=1S/C12H14N2O4.ClH/c13-9(3-7-1-2-7)8-4-11-12(18-6-17-11)5-10(8)14(15)16;/h4-5,7,9H,1-3,6,13H2;1H/t9-;/m1./s1. The lowest BCUT2D eigenvalue weighted by Gasteiger charge is -2.12. The molecule has 0 radical (unpaired) electrons. The predicted molar refractivity (Wildman–Crippen MR) is 70.7 cm³/mol. The summed E-state index contributed by atoms with van der Waals surface area (Å²) in [4.78, 5) is 10.7. The summed E-state index contributed by atoms with van der Waals surface area (Å²) in [6.45, 7) is 0.105. The molecule has 7 heteroatoms. The molecule has 6 nitrogen and oxygen atoms in total. The van der Waals surface area contributed by atoms with E-state index in [1.807, 2.05) is 0 Å². The van der Waals surface area contributed by atoms with Crippen molar-refractivity contribution >= 4 is 18.1 Å². The van der Waals surface area contributed by atoms with Gasteiger partial charge < -0.3 is 15.2 Å². The second-order valence-electron chi connectivity index (χ2n) is 4.81. The highest BCUT2D eigenvalue weighted by atomic mass is 35.5. The number of hydrogen-bond donors (Lipinski definition) is 1. The zero-order valence-electron chi connectivity index (χ0n) is 10.2. The number of fused-ring (bicyclic) bond motifs is 1. The zero-order chi connectivity index (χ0) is 12.7. The van der Waals surface area contributed by atoms with Crippen LogP contribution in [0.5, 0.6) is 11.5 Å². The van der Waals surface area contributed by atoms with Crippen molar-refractivity contribution in [1.29, 1.82) is 0 Å². The van der Waals surface area contributed by atoms with Crippen LogP contribution in [0.3, 0.4) is 0 Å². The molecule has 1 aliphatic heterocycles. The van der Waals surface area contributed by atoms with Crippen LogP contribution in [0.4, 0.5) is 5.69 Å². The molecule has 1 aliphatic carbocycles. The van der Waals surface area contributed by atoms with Gasteiger partial charge >= 0.3 is 0 Å². The van der Waals surface area contributed by atoms with E-state index in [2.05, 4.69) is 0 Å². The Morgan fingerprint density at radius 1 is 1.37 bits per heavy atom. The van der Waals surface area contributed by atoms with Crippen molar-refractivity contribution in [2.45, 2.75) is 25.3 Å². The van der Waals surface area contributed by atoms with Crippen molar-refractivity contribution in [3.05, 3.63) is 27.8 Å². The molecule has 1 fully saturated rings. The lowest BCUT2D eigenvalue weighted by molar-refractivity contribution is -0.385. The molecule has 19 heavy (non-hydrogen) atoms. The maximum absolute atomic E-state index is 11.1. The van der Waals surface area contributed by atoms with Crippen LogP contribution in [0.2, 0.25) is 0 Å². The average molecular weight is 287 g/mol. The second-order valence-corrected chi connectivity index (χ2v) is 4.81. The van der Waals surface area contributed by atoms with Crippen molar-refractivity contribution < 1.29 is 14.4 Å². The first-order chi connectivity index (χ1) is 8.65. The molecule has 1 atom stereocenters. The Bertz CT molecular complexity index is 505. The molecule has 2 aliphatic rings. The van der Waals surface area contributed by atoms with Gasteiger partial charge in [0, 0.05) is 6.04 Å². The molecular formula is C12H15ClN2O4. The molecule has 0 bridgehead atoms. The normalized spacial score (nSPS) is 17.7. The van der Waals surface area contributed by atoms with E-state index in [0.29, 0.717) is 23.0 Å². The van der Waals surface area contributed by atoms with Crippen LogP contribution in [0.15, 0.2) is 12.1 Å². The van der Waals surface area contributed by atoms with Gasteiger partial charge in [0.1, 0.15) is 0 Å². The van der Waals surface area contributed by atoms with Gasteiger partial charge in [-0.2, -0.15) is 0 Å². The third kappa shape index (κ3) is 2.74. The van der Waals surface area contributed by atoms with Gasteiger partial charge in [-0.1, -0.05) is 12.8 Å². The van der Waals surface area contributed by atoms with Crippen molar-refractivity contribution in [2.75, 3.05) is 6.79 Å². The molecule has 1 saturated carbocycles. The van der Waals surface area contributed by atoms with Crippen molar-refractivity contribution in [2.24, 2.45) is 11.7 Å². The molecule has 0 saturated heterocycles. The fraction of sp³-hybridized carbons (Fsp3) is 0.500. The maximum atomic E-state index is 11.1. The van der Waals surface area contributed by atoms with Gasteiger partial charge in [-0.15, -0.1) is 12.4 Å². The molecule has 1 aromatic rings. The summed E-state index contributed by atoms with van der Waals surface area (Å²) >= 11 is 0. The summed E-state index contributed by atoms with van der Waals surface area (Å²) in [5.41, 5.74) is 6.63. The van der Waals surface area contributed by atoms with Gasteiger partial charge in [0.2, 0.25) is 6.79 Å². The Kier molecular flexibility index (Phi) is 3.82. The maximum Gasteiger partial charge on any atom is 0.278 e. The Morgan fingerprint density at radius 2 is 2.00 bits per heavy atom. The van der Waals surface area contributed by atoms with Crippen molar-refractivity contribution in [3.8, 4) is 11.5 Å². The number of nitro groups is 1. The summed E-state index contributed by atoms with van der Waals surface area (Å²) in [6.07, 6.45) is 3.14. The summed E-state index contributed by atoms with van der Waals surface area (Å²) in [6, 6.07) is 2.74. The van der Waals surface area contributed by atoms with Gasteiger partial charge in [0.15, 0.2) is 11.5 Å². The van der Waals surface area contributed by atoms with Crippen LogP contribution in [0, 0.1) is 16.0 Å². The fourth-order valence-corrected chi connectivity index (χ4v) is 2.24. The number of ether oxygens (including phenoxy) is 2. The molecule has 0 unspecified atom stereocenters. The largest absolute Gasteiger partial charge is 0.454 e. The third-order valence-corrected chi connectivity index (χ3v) is 3.40. The molecule has 3 rings (SSSR count). The number of nitrogens with two attached hydrogens (primary N) is 1. The fourth-order valence-electron chi connectivity index (χ4n) is 2.24. The minimum Gasteiger partial charge on any atom is -0.454 e. The summed E-state index contributed by atoms with van der Waals surface area (Å²) in [7, 11) is 0.